The lowest BCUT2D eigenvalue weighted by Crippen LogP contribution is -2.06. The highest BCUT2D eigenvalue weighted by molar-refractivity contribution is 6.30. The van der Waals surface area contributed by atoms with Gasteiger partial charge in [0.05, 0.1) is 13.2 Å². The molecule has 0 aliphatic carbocycles. The molecule has 124 valence electrons. The van der Waals surface area contributed by atoms with Gasteiger partial charge in [0, 0.05) is 22.8 Å². The smallest absolute Gasteiger partial charge is 0.162 e. The first kappa shape index (κ1) is 16.6. The Morgan fingerprint density at radius 2 is 1.79 bits per heavy atom. The van der Waals surface area contributed by atoms with Gasteiger partial charge < -0.3 is 9.47 Å². The second-order valence-corrected chi connectivity index (χ2v) is 6.43. The fourth-order valence-corrected chi connectivity index (χ4v) is 2.83. The van der Waals surface area contributed by atoms with E-state index < -0.39 is 0 Å². The zero-order valence-electron chi connectivity index (χ0n) is 14.0. The van der Waals surface area contributed by atoms with Crippen LogP contribution in [0.25, 0.3) is 10.8 Å². The molecule has 0 fully saturated rings. The average Bonchev–Trinajstić information content (AvgIpc) is 2.56. The third-order valence-corrected chi connectivity index (χ3v) is 4.05. The Morgan fingerprint density at radius 1 is 1.04 bits per heavy atom. The monoisotopic (exact) mass is 341 g/mol. The molecule has 4 heteroatoms. The van der Waals surface area contributed by atoms with Crippen molar-refractivity contribution >= 4 is 22.4 Å². The fraction of sp³-hybridized carbons (Fsp3) is 0.250. The van der Waals surface area contributed by atoms with Crippen molar-refractivity contribution in [2.24, 2.45) is 0 Å². The summed E-state index contributed by atoms with van der Waals surface area (Å²) < 4.78 is 11.4. The SMILES string of the molecule is COc1cc2c(Cc3ccc(Cl)cc3)cncc2cc1OC(C)C. The average molecular weight is 342 g/mol. The van der Waals surface area contributed by atoms with E-state index in [-0.39, 0.29) is 6.10 Å². The molecule has 3 nitrogen and oxygen atoms in total. The van der Waals surface area contributed by atoms with Crippen LogP contribution >= 0.6 is 11.6 Å². The summed E-state index contributed by atoms with van der Waals surface area (Å²) in [6, 6.07) is 11.9. The van der Waals surface area contributed by atoms with Gasteiger partial charge in [0.1, 0.15) is 0 Å². The predicted molar refractivity (Wildman–Crippen MR) is 98.3 cm³/mol. The zero-order chi connectivity index (χ0) is 17.1. The summed E-state index contributed by atoms with van der Waals surface area (Å²) in [6.45, 7) is 4.00. The van der Waals surface area contributed by atoms with Crippen LogP contribution in [0.2, 0.25) is 5.02 Å². The van der Waals surface area contributed by atoms with Crippen LogP contribution in [0, 0.1) is 0 Å². The van der Waals surface area contributed by atoms with E-state index in [0.717, 1.165) is 39.3 Å². The minimum Gasteiger partial charge on any atom is -0.493 e. The number of hydrogen-bond acceptors (Lipinski definition) is 3. The second kappa shape index (κ2) is 7.10. The molecule has 1 aromatic heterocycles. The van der Waals surface area contributed by atoms with E-state index in [1.54, 1.807) is 7.11 Å². The van der Waals surface area contributed by atoms with Crippen LogP contribution in [0.4, 0.5) is 0 Å². The molecule has 24 heavy (non-hydrogen) atoms. The molecule has 0 spiro atoms. The summed E-state index contributed by atoms with van der Waals surface area (Å²) in [6.07, 6.45) is 4.63. The number of benzene rings is 2. The molecule has 0 saturated carbocycles. The van der Waals surface area contributed by atoms with Gasteiger partial charge in [0.25, 0.3) is 0 Å². The molecule has 0 N–H and O–H groups in total. The molecular weight excluding hydrogens is 322 g/mol. The van der Waals surface area contributed by atoms with Crippen LogP contribution in [-0.4, -0.2) is 18.2 Å². The number of hydrogen-bond donors (Lipinski definition) is 0. The van der Waals surface area contributed by atoms with Crippen LogP contribution in [0.3, 0.4) is 0 Å². The largest absolute Gasteiger partial charge is 0.493 e. The number of halogens is 1. The molecule has 0 amide bonds. The second-order valence-electron chi connectivity index (χ2n) is 5.99. The highest BCUT2D eigenvalue weighted by Gasteiger charge is 2.11. The lowest BCUT2D eigenvalue weighted by molar-refractivity contribution is 0.230. The molecule has 0 aliphatic heterocycles. The van der Waals surface area contributed by atoms with Crippen LogP contribution in [0.1, 0.15) is 25.0 Å². The van der Waals surface area contributed by atoms with Crippen LogP contribution in [-0.2, 0) is 6.42 Å². The first-order valence-electron chi connectivity index (χ1n) is 7.92. The number of ether oxygens (including phenoxy) is 2. The number of methoxy groups -OCH3 is 1. The van der Waals surface area contributed by atoms with Gasteiger partial charge in [-0.1, -0.05) is 23.7 Å². The summed E-state index contributed by atoms with van der Waals surface area (Å²) in [5.41, 5.74) is 2.33. The van der Waals surface area contributed by atoms with Crippen molar-refractivity contribution in [2.75, 3.05) is 7.11 Å². The third kappa shape index (κ3) is 3.62. The summed E-state index contributed by atoms with van der Waals surface area (Å²) >= 11 is 5.97. The Kier molecular flexibility index (Phi) is 4.91. The molecule has 0 bridgehead atoms. The van der Waals surface area contributed by atoms with E-state index in [1.807, 2.05) is 62.6 Å². The van der Waals surface area contributed by atoms with Crippen LogP contribution in [0.5, 0.6) is 11.5 Å². The van der Waals surface area contributed by atoms with Crippen molar-refractivity contribution in [1.29, 1.82) is 0 Å². The summed E-state index contributed by atoms with van der Waals surface area (Å²) in [7, 11) is 1.66. The normalized spacial score (nSPS) is 11.0. The molecule has 0 aliphatic rings. The van der Waals surface area contributed by atoms with Gasteiger partial charge in [-0.3, -0.25) is 4.98 Å². The van der Waals surface area contributed by atoms with Crippen molar-refractivity contribution in [3.8, 4) is 11.5 Å². The highest BCUT2D eigenvalue weighted by atomic mass is 35.5. The number of aromatic nitrogens is 1. The summed E-state index contributed by atoms with van der Waals surface area (Å²) in [5, 5.41) is 2.90. The Morgan fingerprint density at radius 3 is 2.46 bits per heavy atom. The predicted octanol–water partition coefficient (Wildman–Crippen LogP) is 5.27. The lowest BCUT2D eigenvalue weighted by atomic mass is 10.0. The molecule has 0 unspecified atom stereocenters. The van der Waals surface area contributed by atoms with E-state index in [2.05, 4.69) is 4.98 Å². The lowest BCUT2D eigenvalue weighted by Gasteiger charge is -2.15. The third-order valence-electron chi connectivity index (χ3n) is 3.80. The zero-order valence-corrected chi connectivity index (χ0v) is 14.8. The Balaban J connectivity index is 2.04. The van der Waals surface area contributed by atoms with Gasteiger partial charge in [0.2, 0.25) is 0 Å². The van der Waals surface area contributed by atoms with Crippen molar-refractivity contribution in [2.45, 2.75) is 26.4 Å². The molecule has 0 atom stereocenters. The molecule has 2 aromatic carbocycles. The van der Waals surface area contributed by atoms with Gasteiger partial charge in [-0.15, -0.1) is 0 Å². The maximum absolute atomic E-state index is 5.97. The van der Waals surface area contributed by atoms with Crippen LogP contribution < -0.4 is 9.47 Å². The Bertz CT molecular complexity index is 844. The van der Waals surface area contributed by atoms with Crippen molar-refractivity contribution in [1.82, 2.24) is 4.98 Å². The number of fused-ring (bicyclic) bond motifs is 1. The quantitative estimate of drug-likeness (QED) is 0.633. The molecule has 0 saturated heterocycles. The minimum absolute atomic E-state index is 0.0848. The first-order valence-corrected chi connectivity index (χ1v) is 8.30. The first-order chi connectivity index (χ1) is 11.6. The standard InChI is InChI=1S/C20H20ClNO2/c1-13(2)24-20-9-16-12-22-11-15(18(16)10-19(20)23-3)8-14-4-6-17(21)7-5-14/h4-7,9-13H,8H2,1-3H3. The molecular formula is C20H20ClNO2. The van der Waals surface area contributed by atoms with Crippen molar-refractivity contribution in [3.63, 3.8) is 0 Å². The summed E-state index contributed by atoms with van der Waals surface area (Å²) in [5.74, 6) is 1.48. The van der Waals surface area contributed by atoms with Gasteiger partial charge in [-0.05, 0) is 61.0 Å². The number of pyridine rings is 1. The van der Waals surface area contributed by atoms with E-state index in [0.29, 0.717) is 0 Å². The fourth-order valence-electron chi connectivity index (χ4n) is 2.71. The van der Waals surface area contributed by atoms with Gasteiger partial charge in [-0.25, -0.2) is 0 Å². The van der Waals surface area contributed by atoms with Gasteiger partial charge in [-0.2, -0.15) is 0 Å². The summed E-state index contributed by atoms with van der Waals surface area (Å²) in [4.78, 5) is 4.38. The minimum atomic E-state index is 0.0848. The molecule has 0 radical (unpaired) electrons. The molecule has 3 rings (SSSR count). The Hall–Kier alpha value is -2.26. The van der Waals surface area contributed by atoms with E-state index >= 15 is 0 Å². The van der Waals surface area contributed by atoms with E-state index in [4.69, 9.17) is 21.1 Å². The topological polar surface area (TPSA) is 31.4 Å². The molecule has 1 heterocycles. The number of rotatable bonds is 5. The van der Waals surface area contributed by atoms with Crippen molar-refractivity contribution in [3.05, 3.63) is 64.9 Å². The van der Waals surface area contributed by atoms with E-state index in [1.165, 1.54) is 5.56 Å². The Labute approximate surface area is 147 Å². The van der Waals surface area contributed by atoms with Crippen molar-refractivity contribution < 1.29 is 9.47 Å². The van der Waals surface area contributed by atoms with E-state index in [9.17, 15) is 0 Å². The van der Waals surface area contributed by atoms with Crippen LogP contribution in [0.15, 0.2) is 48.8 Å². The van der Waals surface area contributed by atoms with Gasteiger partial charge in [0.15, 0.2) is 11.5 Å². The number of nitrogens with zero attached hydrogens (tertiary/aromatic N) is 1. The maximum Gasteiger partial charge on any atom is 0.162 e. The maximum atomic E-state index is 5.97. The highest BCUT2D eigenvalue weighted by Crippen LogP contribution is 2.34. The molecule has 3 aromatic rings. The van der Waals surface area contributed by atoms with Gasteiger partial charge >= 0.3 is 0 Å².